The largest absolute Gasteiger partial charge is 0.302 e. The number of benzene rings is 3. The zero-order chi connectivity index (χ0) is 24.3. The Balaban J connectivity index is 0.00000280. The van der Waals surface area contributed by atoms with Crippen LogP contribution in [0.25, 0.3) is 11.1 Å². The highest BCUT2D eigenvalue weighted by Gasteiger charge is 2.38. The summed E-state index contributed by atoms with van der Waals surface area (Å²) in [5.41, 5.74) is 8.14. The number of carbonyl (C=O) groups excluding carboxylic acids is 1. The van der Waals surface area contributed by atoms with Gasteiger partial charge < -0.3 is 5.32 Å². The van der Waals surface area contributed by atoms with Crippen LogP contribution in [0.1, 0.15) is 41.3 Å². The Morgan fingerprint density at radius 3 is 2.35 bits per heavy atom. The average Bonchev–Trinajstić information content (AvgIpc) is 3.54. The second-order valence-corrected chi connectivity index (χ2v) is 10.00. The van der Waals surface area contributed by atoms with E-state index in [4.69, 9.17) is 4.98 Å². The summed E-state index contributed by atoms with van der Waals surface area (Å²) in [7, 11) is 0. The predicted octanol–water partition coefficient (Wildman–Crippen LogP) is 7.37. The standard InChI is InChI=1S/C31H25N3OS.CH4/c35-30(28-19-25-8-4-5-9-27(25)29(28)24-6-2-1-3-7-24)34-31-33-26(20-36-31)18-21-10-12-22(13-11-21)23-14-16-32-17-15-23;/h1-17,20,28-29H,18-19H2,(H,33,34,35);1H4/t28-,29+;/m1./s1. The number of thiazole rings is 1. The minimum atomic E-state index is -0.155. The molecule has 0 unspecified atom stereocenters. The highest BCUT2D eigenvalue weighted by Crippen LogP contribution is 2.43. The Bertz CT molecular complexity index is 1480. The Morgan fingerprint density at radius 1 is 0.865 bits per heavy atom. The fourth-order valence-corrected chi connectivity index (χ4v) is 5.84. The summed E-state index contributed by atoms with van der Waals surface area (Å²) in [5, 5.41) is 5.81. The van der Waals surface area contributed by atoms with Gasteiger partial charge in [-0.05, 0) is 51.9 Å². The minimum Gasteiger partial charge on any atom is -0.302 e. The van der Waals surface area contributed by atoms with Gasteiger partial charge in [0, 0.05) is 30.1 Å². The number of hydrogen-bond acceptors (Lipinski definition) is 4. The van der Waals surface area contributed by atoms with E-state index in [0.29, 0.717) is 5.13 Å². The molecule has 5 heteroatoms. The summed E-state index contributed by atoms with van der Waals surface area (Å²) >= 11 is 1.49. The van der Waals surface area contributed by atoms with Crippen molar-refractivity contribution >= 4 is 22.4 Å². The lowest BCUT2D eigenvalue weighted by Gasteiger charge is -2.20. The Morgan fingerprint density at radius 2 is 1.57 bits per heavy atom. The molecule has 0 spiro atoms. The van der Waals surface area contributed by atoms with Crippen LogP contribution in [0, 0.1) is 5.92 Å². The van der Waals surface area contributed by atoms with Crippen molar-refractivity contribution in [2.24, 2.45) is 5.92 Å². The number of pyridine rings is 1. The van der Waals surface area contributed by atoms with Gasteiger partial charge in [0.1, 0.15) is 0 Å². The van der Waals surface area contributed by atoms with Crippen LogP contribution in [0.3, 0.4) is 0 Å². The van der Waals surface area contributed by atoms with Crippen LogP contribution in [0.15, 0.2) is 109 Å². The number of carbonyl (C=O) groups is 1. The van der Waals surface area contributed by atoms with E-state index in [-0.39, 0.29) is 25.2 Å². The lowest BCUT2D eigenvalue weighted by molar-refractivity contribution is -0.120. The third-order valence-electron chi connectivity index (χ3n) is 6.86. The highest BCUT2D eigenvalue weighted by molar-refractivity contribution is 7.13. The molecule has 1 N–H and O–H groups in total. The number of amides is 1. The average molecular weight is 504 g/mol. The molecule has 37 heavy (non-hydrogen) atoms. The second kappa shape index (κ2) is 10.9. The summed E-state index contributed by atoms with van der Waals surface area (Å²) < 4.78 is 0. The summed E-state index contributed by atoms with van der Waals surface area (Å²) in [6.45, 7) is 0. The molecule has 2 aromatic heterocycles. The topological polar surface area (TPSA) is 54.9 Å². The number of aromatic nitrogens is 2. The summed E-state index contributed by atoms with van der Waals surface area (Å²) in [6, 6.07) is 31.3. The van der Waals surface area contributed by atoms with Crippen molar-refractivity contribution in [1.29, 1.82) is 0 Å². The molecule has 0 saturated heterocycles. The van der Waals surface area contributed by atoms with Crippen molar-refractivity contribution in [2.45, 2.75) is 26.2 Å². The lowest BCUT2D eigenvalue weighted by atomic mass is 9.85. The van der Waals surface area contributed by atoms with E-state index in [1.807, 2.05) is 35.7 Å². The van der Waals surface area contributed by atoms with Gasteiger partial charge in [0.05, 0.1) is 11.6 Å². The van der Waals surface area contributed by atoms with Crippen LogP contribution in [0.5, 0.6) is 0 Å². The third-order valence-corrected chi connectivity index (χ3v) is 7.67. The smallest absolute Gasteiger partial charge is 0.230 e. The van der Waals surface area contributed by atoms with Crippen LogP contribution in [-0.4, -0.2) is 15.9 Å². The van der Waals surface area contributed by atoms with E-state index in [9.17, 15) is 4.79 Å². The van der Waals surface area contributed by atoms with E-state index in [1.165, 1.54) is 33.6 Å². The first-order chi connectivity index (χ1) is 17.7. The maximum atomic E-state index is 13.5. The molecule has 184 valence electrons. The van der Waals surface area contributed by atoms with Crippen molar-refractivity contribution in [2.75, 3.05) is 5.32 Å². The quantitative estimate of drug-likeness (QED) is 0.263. The number of rotatable bonds is 6. The number of fused-ring (bicyclic) bond motifs is 1. The number of hydrogen-bond donors (Lipinski definition) is 1. The van der Waals surface area contributed by atoms with Gasteiger partial charge in [0.25, 0.3) is 0 Å². The van der Waals surface area contributed by atoms with Gasteiger partial charge in [0.2, 0.25) is 5.91 Å². The molecule has 0 bridgehead atoms. The van der Waals surface area contributed by atoms with E-state index in [2.05, 4.69) is 71.0 Å². The van der Waals surface area contributed by atoms with Gasteiger partial charge >= 0.3 is 0 Å². The normalized spacial score (nSPS) is 16.0. The lowest BCUT2D eigenvalue weighted by Crippen LogP contribution is -2.26. The number of nitrogens with zero attached hydrogens (tertiary/aromatic N) is 2. The molecule has 0 saturated carbocycles. The molecule has 5 aromatic rings. The zero-order valence-corrected chi connectivity index (χ0v) is 20.5. The summed E-state index contributed by atoms with van der Waals surface area (Å²) in [4.78, 5) is 22.3. The minimum absolute atomic E-state index is 0. The second-order valence-electron chi connectivity index (χ2n) is 9.14. The molecular formula is C32H29N3OS. The molecule has 1 aliphatic carbocycles. The number of nitrogens with one attached hydrogen (secondary N) is 1. The maximum absolute atomic E-state index is 13.5. The molecule has 0 radical (unpaired) electrons. The Labute approximate surface area is 222 Å². The van der Waals surface area contributed by atoms with Crippen LogP contribution in [-0.2, 0) is 17.6 Å². The number of anilines is 1. The van der Waals surface area contributed by atoms with Crippen LogP contribution in [0.2, 0.25) is 0 Å². The Hall–Kier alpha value is -4.09. The van der Waals surface area contributed by atoms with E-state index >= 15 is 0 Å². The summed E-state index contributed by atoms with van der Waals surface area (Å²) in [6.07, 6.45) is 5.08. The van der Waals surface area contributed by atoms with Crippen LogP contribution >= 0.6 is 11.3 Å². The van der Waals surface area contributed by atoms with E-state index in [1.54, 1.807) is 12.4 Å². The first kappa shape index (κ1) is 24.6. The fourth-order valence-electron chi connectivity index (χ4n) is 5.12. The first-order valence-corrected chi connectivity index (χ1v) is 13.0. The van der Waals surface area contributed by atoms with E-state index < -0.39 is 0 Å². The van der Waals surface area contributed by atoms with Gasteiger partial charge in [-0.1, -0.05) is 86.3 Å². The van der Waals surface area contributed by atoms with Gasteiger partial charge in [-0.15, -0.1) is 11.3 Å². The van der Waals surface area contributed by atoms with Gasteiger partial charge in [-0.25, -0.2) is 4.98 Å². The monoisotopic (exact) mass is 503 g/mol. The first-order valence-electron chi connectivity index (χ1n) is 12.1. The van der Waals surface area contributed by atoms with Crippen molar-refractivity contribution in [3.05, 3.63) is 137 Å². The molecule has 6 rings (SSSR count). The van der Waals surface area contributed by atoms with Gasteiger partial charge in [-0.3, -0.25) is 9.78 Å². The highest BCUT2D eigenvalue weighted by atomic mass is 32.1. The third kappa shape index (κ3) is 5.23. The van der Waals surface area contributed by atoms with Crippen molar-refractivity contribution in [3.8, 4) is 11.1 Å². The molecule has 1 aliphatic rings. The zero-order valence-electron chi connectivity index (χ0n) is 19.7. The molecule has 0 aliphatic heterocycles. The molecule has 2 atom stereocenters. The fraction of sp³-hybridized carbons (Fsp3) is 0.156. The van der Waals surface area contributed by atoms with Crippen molar-refractivity contribution in [3.63, 3.8) is 0 Å². The van der Waals surface area contributed by atoms with Crippen molar-refractivity contribution in [1.82, 2.24) is 9.97 Å². The molecule has 0 fully saturated rings. The molecular weight excluding hydrogens is 474 g/mol. The van der Waals surface area contributed by atoms with Gasteiger partial charge in [0.15, 0.2) is 5.13 Å². The molecule has 3 aromatic carbocycles. The van der Waals surface area contributed by atoms with Crippen LogP contribution < -0.4 is 5.32 Å². The van der Waals surface area contributed by atoms with Gasteiger partial charge in [-0.2, -0.15) is 0 Å². The van der Waals surface area contributed by atoms with Crippen molar-refractivity contribution < 1.29 is 4.79 Å². The van der Waals surface area contributed by atoms with E-state index in [0.717, 1.165) is 29.7 Å². The maximum Gasteiger partial charge on any atom is 0.230 e. The molecule has 1 amide bonds. The molecule has 4 nitrogen and oxygen atoms in total. The SMILES string of the molecule is C.O=C(Nc1nc(Cc2ccc(-c3ccncc3)cc2)cs1)[C@@H]1Cc2ccccc2[C@@H]1c1ccccc1. The van der Waals surface area contributed by atoms with Crippen LogP contribution in [0.4, 0.5) is 5.13 Å². The predicted molar refractivity (Wildman–Crippen MR) is 152 cm³/mol. The Kier molecular flexibility index (Phi) is 7.24. The molecule has 2 heterocycles. The summed E-state index contributed by atoms with van der Waals surface area (Å²) in [5.74, 6) is -0.0683.